The fraction of sp³-hybridized carbons (Fsp3) is 0.571. The zero-order valence-electron chi connectivity index (χ0n) is 11.5. The van der Waals surface area contributed by atoms with E-state index in [-0.39, 0.29) is 24.5 Å². The number of nitrogens with one attached hydrogen (secondary N) is 1. The fourth-order valence-electron chi connectivity index (χ4n) is 2.69. The standard InChI is InChI=1S/C14H17F3N2O2/c15-14(16,17)11-1-2-12-13(21-8-7-20-12)10(11)9-19-5-3-18-4-6-19/h1-2,18H,3-9H2. The van der Waals surface area contributed by atoms with Crippen LogP contribution in [0.4, 0.5) is 13.2 Å². The van der Waals surface area contributed by atoms with Crippen LogP contribution in [0.15, 0.2) is 12.1 Å². The summed E-state index contributed by atoms with van der Waals surface area (Å²) in [5, 5.41) is 3.19. The number of nitrogens with zero attached hydrogens (tertiary/aromatic N) is 1. The highest BCUT2D eigenvalue weighted by molar-refractivity contribution is 5.52. The van der Waals surface area contributed by atoms with Crippen molar-refractivity contribution < 1.29 is 22.6 Å². The molecule has 1 aromatic carbocycles. The van der Waals surface area contributed by atoms with Crippen LogP contribution in [-0.2, 0) is 12.7 Å². The molecule has 1 aromatic rings. The second kappa shape index (κ2) is 5.73. The maximum atomic E-state index is 13.2. The van der Waals surface area contributed by atoms with E-state index in [4.69, 9.17) is 9.47 Å². The second-order valence-electron chi connectivity index (χ2n) is 5.14. The molecule has 0 aromatic heterocycles. The molecule has 0 bridgehead atoms. The van der Waals surface area contributed by atoms with Crippen LogP contribution in [0.3, 0.4) is 0 Å². The Hall–Kier alpha value is -1.47. The predicted molar refractivity (Wildman–Crippen MR) is 70.6 cm³/mol. The first-order valence-electron chi connectivity index (χ1n) is 6.97. The van der Waals surface area contributed by atoms with Crippen LogP contribution in [0.5, 0.6) is 11.5 Å². The van der Waals surface area contributed by atoms with E-state index in [1.165, 1.54) is 6.07 Å². The molecule has 0 atom stereocenters. The normalized spacial score (nSPS) is 19.6. The number of halogens is 3. The maximum absolute atomic E-state index is 13.2. The zero-order chi connectivity index (χ0) is 14.9. The molecule has 1 N–H and O–H groups in total. The molecule has 2 aliphatic heterocycles. The van der Waals surface area contributed by atoms with E-state index in [0.717, 1.165) is 32.2 Å². The second-order valence-corrected chi connectivity index (χ2v) is 5.14. The van der Waals surface area contributed by atoms with Gasteiger partial charge in [0.1, 0.15) is 13.2 Å². The van der Waals surface area contributed by atoms with Gasteiger partial charge in [-0.2, -0.15) is 13.2 Å². The number of fused-ring (bicyclic) bond motifs is 1. The molecule has 2 aliphatic rings. The van der Waals surface area contributed by atoms with E-state index in [1.807, 2.05) is 4.90 Å². The van der Waals surface area contributed by atoms with Crippen LogP contribution in [0.1, 0.15) is 11.1 Å². The minimum Gasteiger partial charge on any atom is -0.486 e. The van der Waals surface area contributed by atoms with Gasteiger partial charge in [-0.05, 0) is 12.1 Å². The zero-order valence-corrected chi connectivity index (χ0v) is 11.5. The summed E-state index contributed by atoms with van der Waals surface area (Å²) in [6.07, 6.45) is -4.39. The number of piperazine rings is 1. The van der Waals surface area contributed by atoms with Gasteiger partial charge < -0.3 is 14.8 Å². The van der Waals surface area contributed by atoms with Crippen LogP contribution in [0.25, 0.3) is 0 Å². The van der Waals surface area contributed by atoms with E-state index < -0.39 is 11.7 Å². The molecule has 116 valence electrons. The summed E-state index contributed by atoms with van der Waals surface area (Å²) >= 11 is 0. The van der Waals surface area contributed by atoms with E-state index in [1.54, 1.807) is 0 Å². The molecule has 2 heterocycles. The van der Waals surface area contributed by atoms with Crippen LogP contribution in [0.2, 0.25) is 0 Å². The third-order valence-corrected chi connectivity index (χ3v) is 3.71. The highest BCUT2D eigenvalue weighted by atomic mass is 19.4. The highest BCUT2D eigenvalue weighted by Crippen LogP contribution is 2.42. The van der Waals surface area contributed by atoms with Crippen molar-refractivity contribution in [3.05, 3.63) is 23.3 Å². The number of benzene rings is 1. The first-order chi connectivity index (χ1) is 10.1. The third-order valence-electron chi connectivity index (χ3n) is 3.71. The van der Waals surface area contributed by atoms with E-state index >= 15 is 0 Å². The van der Waals surface area contributed by atoms with Gasteiger partial charge in [-0.25, -0.2) is 0 Å². The Morgan fingerprint density at radius 3 is 2.52 bits per heavy atom. The Morgan fingerprint density at radius 2 is 1.81 bits per heavy atom. The van der Waals surface area contributed by atoms with Gasteiger partial charge in [0.05, 0.1) is 5.56 Å². The van der Waals surface area contributed by atoms with Crippen molar-refractivity contribution in [3.8, 4) is 11.5 Å². The molecule has 1 fully saturated rings. The molecular formula is C14H17F3N2O2. The van der Waals surface area contributed by atoms with Crippen molar-refractivity contribution in [1.29, 1.82) is 0 Å². The van der Waals surface area contributed by atoms with E-state index in [9.17, 15) is 13.2 Å². The smallest absolute Gasteiger partial charge is 0.416 e. The first kappa shape index (κ1) is 14.5. The van der Waals surface area contributed by atoms with Gasteiger partial charge in [0, 0.05) is 38.3 Å². The van der Waals surface area contributed by atoms with Crippen molar-refractivity contribution in [2.75, 3.05) is 39.4 Å². The molecule has 3 rings (SSSR count). The number of rotatable bonds is 2. The van der Waals surface area contributed by atoms with Crippen LogP contribution in [0, 0.1) is 0 Å². The average molecular weight is 302 g/mol. The molecule has 1 saturated heterocycles. The molecular weight excluding hydrogens is 285 g/mol. The maximum Gasteiger partial charge on any atom is 0.416 e. The van der Waals surface area contributed by atoms with Gasteiger partial charge in [0.15, 0.2) is 11.5 Å². The third kappa shape index (κ3) is 3.08. The number of hydrogen-bond acceptors (Lipinski definition) is 4. The van der Waals surface area contributed by atoms with Gasteiger partial charge in [-0.3, -0.25) is 4.90 Å². The Labute approximate surface area is 120 Å². The fourth-order valence-corrected chi connectivity index (χ4v) is 2.69. The molecule has 0 unspecified atom stereocenters. The summed E-state index contributed by atoms with van der Waals surface area (Å²) in [5.74, 6) is 0.647. The molecule has 0 aliphatic carbocycles. The molecule has 7 heteroatoms. The largest absolute Gasteiger partial charge is 0.486 e. The molecule has 0 amide bonds. The monoisotopic (exact) mass is 302 g/mol. The van der Waals surface area contributed by atoms with E-state index in [0.29, 0.717) is 12.4 Å². The van der Waals surface area contributed by atoms with Crippen molar-refractivity contribution in [2.45, 2.75) is 12.7 Å². The summed E-state index contributed by atoms with van der Waals surface area (Å²) in [7, 11) is 0. The minimum absolute atomic E-state index is 0.182. The van der Waals surface area contributed by atoms with Crippen molar-refractivity contribution in [1.82, 2.24) is 10.2 Å². The molecule has 4 nitrogen and oxygen atoms in total. The summed E-state index contributed by atoms with van der Waals surface area (Å²) in [6, 6.07) is 2.43. The number of ether oxygens (including phenoxy) is 2. The summed E-state index contributed by atoms with van der Waals surface area (Å²) in [6.45, 7) is 3.89. The molecule has 0 spiro atoms. The van der Waals surface area contributed by atoms with E-state index in [2.05, 4.69) is 5.32 Å². The SMILES string of the molecule is FC(F)(F)c1ccc2c(c1CN1CCNCC1)OCCO2. The quantitative estimate of drug-likeness (QED) is 0.904. The summed E-state index contributed by atoms with van der Waals surface area (Å²) < 4.78 is 50.6. The van der Waals surface area contributed by atoms with Gasteiger partial charge in [0.25, 0.3) is 0 Å². The Bertz CT molecular complexity index is 514. The van der Waals surface area contributed by atoms with Gasteiger partial charge in [-0.15, -0.1) is 0 Å². The minimum atomic E-state index is -4.39. The van der Waals surface area contributed by atoms with Crippen LogP contribution in [-0.4, -0.2) is 44.3 Å². The highest BCUT2D eigenvalue weighted by Gasteiger charge is 2.36. The van der Waals surface area contributed by atoms with Gasteiger partial charge in [-0.1, -0.05) is 0 Å². The lowest BCUT2D eigenvalue weighted by Crippen LogP contribution is -2.43. The summed E-state index contributed by atoms with van der Waals surface area (Å²) in [4.78, 5) is 2.00. The lowest BCUT2D eigenvalue weighted by molar-refractivity contribution is -0.138. The molecule has 0 saturated carbocycles. The predicted octanol–water partition coefficient (Wildman–Crippen LogP) is 1.88. The Morgan fingerprint density at radius 1 is 1.10 bits per heavy atom. The Balaban J connectivity index is 1.97. The first-order valence-corrected chi connectivity index (χ1v) is 6.97. The van der Waals surface area contributed by atoms with Crippen molar-refractivity contribution in [3.63, 3.8) is 0 Å². The van der Waals surface area contributed by atoms with Crippen molar-refractivity contribution >= 4 is 0 Å². The summed E-state index contributed by atoms with van der Waals surface area (Å²) in [5.41, 5.74) is -0.452. The van der Waals surface area contributed by atoms with Gasteiger partial charge >= 0.3 is 6.18 Å². The number of alkyl halides is 3. The lowest BCUT2D eigenvalue weighted by Gasteiger charge is -2.30. The van der Waals surface area contributed by atoms with Crippen molar-refractivity contribution in [2.24, 2.45) is 0 Å². The topological polar surface area (TPSA) is 33.7 Å². The average Bonchev–Trinajstić information content (AvgIpc) is 2.47. The number of hydrogen-bond donors (Lipinski definition) is 1. The van der Waals surface area contributed by atoms with Crippen LogP contribution >= 0.6 is 0 Å². The lowest BCUT2D eigenvalue weighted by atomic mass is 10.0. The molecule has 0 radical (unpaired) electrons. The Kier molecular flexibility index (Phi) is 3.95. The van der Waals surface area contributed by atoms with Crippen LogP contribution < -0.4 is 14.8 Å². The van der Waals surface area contributed by atoms with Gasteiger partial charge in [0.2, 0.25) is 0 Å². The molecule has 21 heavy (non-hydrogen) atoms.